The molecule has 0 radical (unpaired) electrons. The Balaban J connectivity index is 1.38. The summed E-state index contributed by atoms with van der Waals surface area (Å²) in [5, 5.41) is 4.15. The van der Waals surface area contributed by atoms with Gasteiger partial charge in [0.2, 0.25) is 5.71 Å². The molecule has 9 heteroatoms. The van der Waals surface area contributed by atoms with E-state index in [2.05, 4.69) is 56.0 Å². The second kappa shape index (κ2) is 7.06. The van der Waals surface area contributed by atoms with Crippen LogP contribution >= 0.6 is 0 Å². The van der Waals surface area contributed by atoms with Gasteiger partial charge >= 0.3 is 7.12 Å². The lowest BCUT2D eigenvalue weighted by Crippen LogP contribution is -2.41. The number of amides is 1. The number of aryl methyl sites for hydroxylation is 1. The lowest BCUT2D eigenvalue weighted by molar-refractivity contribution is 0.00578. The maximum absolute atomic E-state index is 13.6. The van der Waals surface area contributed by atoms with Gasteiger partial charge < -0.3 is 23.9 Å². The number of furan rings is 1. The minimum atomic E-state index is -0.375. The number of hydrogen-bond donors (Lipinski definition) is 1. The average Bonchev–Trinajstić information content (AvgIpc) is 3.27. The molecule has 1 saturated carbocycles. The van der Waals surface area contributed by atoms with Crippen LogP contribution in [0.3, 0.4) is 0 Å². The summed E-state index contributed by atoms with van der Waals surface area (Å²) >= 11 is 0. The third-order valence-electron chi connectivity index (χ3n) is 7.39. The van der Waals surface area contributed by atoms with Gasteiger partial charge in [-0.2, -0.15) is 0 Å². The minimum absolute atomic E-state index is 0.0262. The molecule has 3 aliphatic rings. The third-order valence-corrected chi connectivity index (χ3v) is 7.39. The molecule has 2 aromatic rings. The Morgan fingerprint density at radius 2 is 1.81 bits per heavy atom. The Kier molecular flexibility index (Phi) is 4.73. The third kappa shape index (κ3) is 3.51. The zero-order valence-corrected chi connectivity index (χ0v) is 19.7. The molecule has 0 spiro atoms. The Labute approximate surface area is 188 Å². The zero-order valence-electron chi connectivity index (χ0n) is 19.7. The van der Waals surface area contributed by atoms with Crippen molar-refractivity contribution in [1.82, 2.24) is 14.9 Å². The largest absolute Gasteiger partial charge is 0.490 e. The maximum atomic E-state index is 13.6. The fourth-order valence-corrected chi connectivity index (χ4v) is 4.23. The summed E-state index contributed by atoms with van der Waals surface area (Å²) in [6.45, 7) is 13.3. The predicted octanol–water partition coefficient (Wildman–Crippen LogP) is 3.90. The van der Waals surface area contributed by atoms with Gasteiger partial charge in [0.15, 0.2) is 0 Å². The number of aromatic nitrogens is 2. The molecule has 1 saturated heterocycles. The van der Waals surface area contributed by atoms with Crippen LogP contribution < -0.4 is 5.32 Å². The van der Waals surface area contributed by atoms with Crippen molar-refractivity contribution in [3.63, 3.8) is 0 Å². The van der Waals surface area contributed by atoms with Crippen LogP contribution in [0.5, 0.6) is 0 Å². The summed E-state index contributed by atoms with van der Waals surface area (Å²) in [5.74, 6) is 1.17. The fourth-order valence-electron chi connectivity index (χ4n) is 4.23. The van der Waals surface area contributed by atoms with Crippen molar-refractivity contribution < 1.29 is 18.5 Å². The molecule has 170 valence electrons. The first-order valence-corrected chi connectivity index (χ1v) is 11.4. The normalized spacial score (nSPS) is 23.4. The highest BCUT2D eigenvalue weighted by molar-refractivity contribution is 6.54. The number of carbonyl (C=O) groups is 1. The number of carbonyl (C=O) groups excluding carboxylic acids is 1. The first-order valence-electron chi connectivity index (χ1n) is 11.4. The van der Waals surface area contributed by atoms with Crippen molar-refractivity contribution in [1.29, 1.82) is 0 Å². The Hall–Kier alpha value is -2.39. The molecule has 0 bridgehead atoms. The summed E-state index contributed by atoms with van der Waals surface area (Å²) in [6, 6.07) is 0. The van der Waals surface area contributed by atoms with E-state index in [9.17, 15) is 4.79 Å². The zero-order chi connectivity index (χ0) is 22.9. The van der Waals surface area contributed by atoms with E-state index < -0.39 is 0 Å². The van der Waals surface area contributed by atoms with Gasteiger partial charge in [-0.3, -0.25) is 4.79 Å². The Morgan fingerprint density at radius 3 is 2.41 bits per heavy atom. The van der Waals surface area contributed by atoms with Gasteiger partial charge in [-0.05, 0) is 66.3 Å². The van der Waals surface area contributed by atoms with Gasteiger partial charge in [0.25, 0.3) is 5.91 Å². The number of hydrogen-bond acceptors (Lipinski definition) is 7. The second-order valence-electron chi connectivity index (χ2n) is 10.5. The standard InChI is InChI=1S/C23H31BN4O4/c1-14-16(17-18(27-23(6)9-10-23)25-13-26-19(17)30-14)20(29)28-11-7-15(8-12-28)24-31-21(2,3)22(4,5)32-24/h7,13H,8-12H2,1-6H3,(H,25,26,27). The molecule has 1 aliphatic carbocycles. The molecule has 1 amide bonds. The van der Waals surface area contributed by atoms with Crippen molar-refractivity contribution in [2.24, 2.45) is 0 Å². The van der Waals surface area contributed by atoms with Gasteiger partial charge in [-0.1, -0.05) is 6.08 Å². The molecule has 2 aromatic heterocycles. The highest BCUT2D eigenvalue weighted by atomic mass is 16.7. The molecule has 4 heterocycles. The van der Waals surface area contributed by atoms with Gasteiger partial charge in [0, 0.05) is 18.6 Å². The highest BCUT2D eigenvalue weighted by Gasteiger charge is 2.52. The molecule has 0 atom stereocenters. The summed E-state index contributed by atoms with van der Waals surface area (Å²) < 4.78 is 18.2. The van der Waals surface area contributed by atoms with E-state index >= 15 is 0 Å². The van der Waals surface area contributed by atoms with Crippen molar-refractivity contribution in [2.45, 2.75) is 77.5 Å². The van der Waals surface area contributed by atoms with Crippen molar-refractivity contribution >= 4 is 29.9 Å². The van der Waals surface area contributed by atoms with Gasteiger partial charge in [-0.15, -0.1) is 0 Å². The van der Waals surface area contributed by atoms with Crippen molar-refractivity contribution in [2.75, 3.05) is 18.4 Å². The maximum Gasteiger partial charge on any atom is 0.490 e. The molecule has 2 fully saturated rings. The van der Waals surface area contributed by atoms with E-state index in [4.69, 9.17) is 13.7 Å². The van der Waals surface area contributed by atoms with Crippen molar-refractivity contribution in [3.05, 3.63) is 29.2 Å². The van der Waals surface area contributed by atoms with Crippen LogP contribution in [-0.2, 0) is 9.31 Å². The van der Waals surface area contributed by atoms with Crippen LogP contribution in [0.1, 0.15) is 70.0 Å². The number of nitrogens with zero attached hydrogens (tertiary/aromatic N) is 3. The Morgan fingerprint density at radius 1 is 1.12 bits per heavy atom. The van der Waals surface area contributed by atoms with Crippen molar-refractivity contribution in [3.8, 4) is 0 Å². The van der Waals surface area contributed by atoms with E-state index in [1.807, 2.05) is 11.8 Å². The van der Waals surface area contributed by atoms with Crippen LogP contribution in [0, 0.1) is 6.92 Å². The summed E-state index contributed by atoms with van der Waals surface area (Å²) in [6.07, 6.45) is 6.40. The molecular formula is C23H31BN4O4. The molecule has 2 aliphatic heterocycles. The van der Waals surface area contributed by atoms with E-state index in [1.54, 1.807) is 0 Å². The fraction of sp³-hybridized carbons (Fsp3) is 0.609. The molecule has 1 N–H and O–H groups in total. The second-order valence-corrected chi connectivity index (χ2v) is 10.5. The predicted molar refractivity (Wildman–Crippen MR) is 122 cm³/mol. The van der Waals surface area contributed by atoms with Crippen LogP contribution in [0.25, 0.3) is 11.1 Å². The van der Waals surface area contributed by atoms with E-state index in [1.165, 1.54) is 6.33 Å². The lowest BCUT2D eigenvalue weighted by atomic mass is 9.74. The summed E-state index contributed by atoms with van der Waals surface area (Å²) in [5.41, 5.74) is 1.35. The van der Waals surface area contributed by atoms with E-state index in [-0.39, 0.29) is 29.8 Å². The number of nitrogens with one attached hydrogen (secondary N) is 1. The molecular weight excluding hydrogens is 407 g/mol. The number of fused-ring (bicyclic) bond motifs is 1. The summed E-state index contributed by atoms with van der Waals surface area (Å²) in [7, 11) is -0.364. The lowest BCUT2D eigenvalue weighted by Gasteiger charge is -2.32. The molecule has 32 heavy (non-hydrogen) atoms. The van der Waals surface area contributed by atoms with E-state index in [0.717, 1.165) is 18.3 Å². The van der Waals surface area contributed by atoms with E-state index in [0.29, 0.717) is 47.8 Å². The minimum Gasteiger partial charge on any atom is -0.442 e. The molecule has 8 nitrogen and oxygen atoms in total. The first kappa shape index (κ1) is 21.5. The van der Waals surface area contributed by atoms with Crippen LogP contribution in [-0.4, -0.2) is 57.7 Å². The average molecular weight is 438 g/mol. The van der Waals surface area contributed by atoms with Gasteiger partial charge in [-0.25, -0.2) is 9.97 Å². The number of rotatable bonds is 4. The summed E-state index contributed by atoms with van der Waals surface area (Å²) in [4.78, 5) is 24.1. The molecule has 0 aromatic carbocycles. The monoisotopic (exact) mass is 438 g/mol. The quantitative estimate of drug-likeness (QED) is 0.725. The van der Waals surface area contributed by atoms with Crippen LogP contribution in [0.4, 0.5) is 5.82 Å². The van der Waals surface area contributed by atoms with Gasteiger partial charge in [0.1, 0.15) is 17.9 Å². The Bertz CT molecular complexity index is 1100. The van der Waals surface area contributed by atoms with Crippen LogP contribution in [0.15, 0.2) is 22.3 Å². The van der Waals surface area contributed by atoms with Gasteiger partial charge in [0.05, 0.1) is 22.2 Å². The molecule has 5 rings (SSSR count). The highest BCUT2D eigenvalue weighted by Crippen LogP contribution is 2.41. The van der Waals surface area contributed by atoms with Crippen LogP contribution in [0.2, 0.25) is 0 Å². The number of anilines is 1. The smallest absolute Gasteiger partial charge is 0.442 e. The topological polar surface area (TPSA) is 89.7 Å². The molecule has 0 unspecified atom stereocenters. The SMILES string of the molecule is Cc1oc2ncnc(NC3(C)CC3)c2c1C(=O)N1CC=C(B2OC(C)(C)C(C)(C)O2)CC1. The first-order chi connectivity index (χ1) is 15.0.